The van der Waals surface area contributed by atoms with Crippen molar-refractivity contribution in [1.29, 1.82) is 0 Å². The van der Waals surface area contributed by atoms with Gasteiger partial charge in [0.15, 0.2) is 0 Å². The van der Waals surface area contributed by atoms with Gasteiger partial charge in [0, 0.05) is 17.1 Å². The van der Waals surface area contributed by atoms with Crippen LogP contribution in [0.4, 0.5) is 11.4 Å². The number of aryl methyl sites for hydroxylation is 1. The van der Waals surface area contributed by atoms with Gasteiger partial charge in [-0.05, 0) is 50.1 Å². The summed E-state index contributed by atoms with van der Waals surface area (Å²) in [5.41, 5.74) is 4.95. The number of anilines is 2. The highest BCUT2D eigenvalue weighted by Gasteiger charge is 2.13. The SMILES string of the molecule is CC.Cc1ccc(N(C2=CCCC=C2)c2ccccc2)cc1. The molecular weight excluding hydrogens is 266 g/mol. The summed E-state index contributed by atoms with van der Waals surface area (Å²) in [5, 5.41) is 0. The van der Waals surface area contributed by atoms with Gasteiger partial charge in [-0.2, -0.15) is 0 Å². The molecule has 2 aromatic rings. The molecule has 0 aromatic heterocycles. The van der Waals surface area contributed by atoms with E-state index in [-0.39, 0.29) is 0 Å². The zero-order chi connectivity index (χ0) is 15.8. The second-order valence-electron chi connectivity index (χ2n) is 5.12. The molecule has 0 heterocycles. The van der Waals surface area contributed by atoms with Gasteiger partial charge in [0.05, 0.1) is 0 Å². The Morgan fingerprint density at radius 2 is 1.41 bits per heavy atom. The van der Waals surface area contributed by atoms with Crippen molar-refractivity contribution in [1.82, 2.24) is 0 Å². The molecule has 0 fully saturated rings. The Morgan fingerprint density at radius 3 is 2.00 bits per heavy atom. The highest BCUT2D eigenvalue weighted by Crippen LogP contribution is 2.31. The van der Waals surface area contributed by atoms with E-state index in [2.05, 4.69) is 84.6 Å². The van der Waals surface area contributed by atoms with E-state index in [4.69, 9.17) is 0 Å². The van der Waals surface area contributed by atoms with Gasteiger partial charge < -0.3 is 4.90 Å². The highest BCUT2D eigenvalue weighted by atomic mass is 15.1. The second kappa shape index (κ2) is 8.23. The van der Waals surface area contributed by atoms with Gasteiger partial charge in [0.1, 0.15) is 0 Å². The minimum absolute atomic E-state index is 1.11. The number of nitrogens with zero attached hydrogens (tertiary/aromatic N) is 1. The molecule has 1 aliphatic carbocycles. The number of rotatable bonds is 3. The maximum absolute atomic E-state index is 2.31. The van der Waals surface area contributed by atoms with Crippen LogP contribution in [0.1, 0.15) is 32.3 Å². The third kappa shape index (κ3) is 3.88. The zero-order valence-electron chi connectivity index (χ0n) is 13.8. The van der Waals surface area contributed by atoms with Crippen molar-refractivity contribution in [2.75, 3.05) is 4.90 Å². The van der Waals surface area contributed by atoms with Crippen molar-refractivity contribution < 1.29 is 0 Å². The molecule has 0 saturated carbocycles. The largest absolute Gasteiger partial charge is 0.311 e. The molecule has 3 rings (SSSR count). The van der Waals surface area contributed by atoms with Crippen LogP contribution < -0.4 is 4.90 Å². The number of allylic oxidation sites excluding steroid dienone is 3. The van der Waals surface area contributed by atoms with E-state index in [0.717, 1.165) is 12.8 Å². The van der Waals surface area contributed by atoms with Crippen molar-refractivity contribution in [3.8, 4) is 0 Å². The minimum atomic E-state index is 1.11. The van der Waals surface area contributed by atoms with Gasteiger partial charge in [-0.3, -0.25) is 0 Å². The summed E-state index contributed by atoms with van der Waals surface area (Å²) in [5.74, 6) is 0. The van der Waals surface area contributed by atoms with Crippen LogP contribution in [0.2, 0.25) is 0 Å². The Morgan fingerprint density at radius 1 is 0.773 bits per heavy atom. The molecular formula is C21H25N. The normalized spacial score (nSPS) is 13.0. The summed E-state index contributed by atoms with van der Waals surface area (Å²) in [6.07, 6.45) is 9.03. The standard InChI is InChI=1S/C19H19N.C2H6/c1-16-12-14-19(15-13-16)20(17-8-4-2-5-9-17)18-10-6-3-7-11-18;1-2/h2,4-6,8-15H,3,7H2,1H3;1-2H3. The lowest BCUT2D eigenvalue weighted by molar-refractivity contribution is 0.997. The quantitative estimate of drug-likeness (QED) is 0.633. The Balaban J connectivity index is 0.000000847. The molecule has 1 nitrogen and oxygen atoms in total. The number of hydrogen-bond acceptors (Lipinski definition) is 1. The van der Waals surface area contributed by atoms with Crippen LogP contribution in [-0.2, 0) is 0 Å². The smallest absolute Gasteiger partial charge is 0.0461 e. The first-order valence-electron chi connectivity index (χ1n) is 8.13. The summed E-state index contributed by atoms with van der Waals surface area (Å²) in [6.45, 7) is 6.12. The van der Waals surface area contributed by atoms with E-state index < -0.39 is 0 Å². The van der Waals surface area contributed by atoms with Gasteiger partial charge in [0.2, 0.25) is 0 Å². The Bertz CT molecular complexity index is 621. The molecule has 0 radical (unpaired) electrons. The lowest BCUT2D eigenvalue weighted by Crippen LogP contribution is -2.16. The van der Waals surface area contributed by atoms with Crippen molar-refractivity contribution in [2.45, 2.75) is 33.6 Å². The summed E-state index contributed by atoms with van der Waals surface area (Å²) in [7, 11) is 0. The Hall–Kier alpha value is -2.28. The van der Waals surface area contributed by atoms with Gasteiger partial charge in [-0.25, -0.2) is 0 Å². The molecule has 0 spiro atoms. The van der Waals surface area contributed by atoms with Crippen LogP contribution in [0.3, 0.4) is 0 Å². The monoisotopic (exact) mass is 291 g/mol. The fourth-order valence-electron chi connectivity index (χ4n) is 2.48. The van der Waals surface area contributed by atoms with E-state index >= 15 is 0 Å². The van der Waals surface area contributed by atoms with Crippen LogP contribution in [-0.4, -0.2) is 0 Å². The molecule has 114 valence electrons. The number of para-hydroxylation sites is 1. The molecule has 0 unspecified atom stereocenters. The van der Waals surface area contributed by atoms with Crippen LogP contribution in [0, 0.1) is 6.92 Å². The average molecular weight is 291 g/mol. The first-order valence-corrected chi connectivity index (χ1v) is 8.13. The maximum Gasteiger partial charge on any atom is 0.0461 e. The predicted octanol–water partition coefficient (Wildman–Crippen LogP) is 6.39. The molecule has 2 aromatic carbocycles. The Labute approximate surface area is 134 Å². The first kappa shape index (κ1) is 16.1. The molecule has 0 saturated heterocycles. The van der Waals surface area contributed by atoms with Gasteiger partial charge in [-0.1, -0.05) is 61.9 Å². The lowest BCUT2D eigenvalue weighted by atomic mass is 10.1. The van der Waals surface area contributed by atoms with Crippen LogP contribution in [0.25, 0.3) is 0 Å². The van der Waals surface area contributed by atoms with Gasteiger partial charge in [0.25, 0.3) is 0 Å². The molecule has 1 aliphatic rings. The molecule has 0 atom stereocenters. The van der Waals surface area contributed by atoms with Gasteiger partial charge >= 0.3 is 0 Å². The lowest BCUT2D eigenvalue weighted by Gasteiger charge is -2.27. The van der Waals surface area contributed by atoms with Gasteiger partial charge in [-0.15, -0.1) is 0 Å². The van der Waals surface area contributed by atoms with Crippen LogP contribution in [0.5, 0.6) is 0 Å². The predicted molar refractivity (Wildman–Crippen MR) is 97.6 cm³/mol. The van der Waals surface area contributed by atoms with E-state index in [1.54, 1.807) is 0 Å². The third-order valence-corrected chi connectivity index (χ3v) is 3.54. The average Bonchev–Trinajstić information content (AvgIpc) is 2.61. The zero-order valence-corrected chi connectivity index (χ0v) is 13.8. The fourth-order valence-corrected chi connectivity index (χ4v) is 2.48. The summed E-state index contributed by atoms with van der Waals surface area (Å²) in [4.78, 5) is 2.31. The van der Waals surface area contributed by atoms with Crippen molar-refractivity contribution in [3.05, 3.63) is 84.1 Å². The fraction of sp³-hybridized carbons (Fsp3) is 0.238. The topological polar surface area (TPSA) is 3.24 Å². The van der Waals surface area contributed by atoms with Crippen LogP contribution >= 0.6 is 0 Å². The highest BCUT2D eigenvalue weighted by molar-refractivity contribution is 5.70. The molecule has 0 aliphatic heterocycles. The minimum Gasteiger partial charge on any atom is -0.311 e. The van der Waals surface area contributed by atoms with Crippen LogP contribution in [0.15, 0.2) is 78.5 Å². The van der Waals surface area contributed by atoms with Crippen molar-refractivity contribution in [3.63, 3.8) is 0 Å². The van der Waals surface area contributed by atoms with Crippen molar-refractivity contribution in [2.24, 2.45) is 0 Å². The number of hydrogen-bond donors (Lipinski definition) is 0. The van der Waals surface area contributed by atoms with E-state index in [0.29, 0.717) is 0 Å². The molecule has 1 heteroatoms. The van der Waals surface area contributed by atoms with E-state index in [1.165, 1.54) is 22.6 Å². The first-order chi connectivity index (χ1) is 10.8. The van der Waals surface area contributed by atoms with E-state index in [1.807, 2.05) is 13.8 Å². The second-order valence-corrected chi connectivity index (χ2v) is 5.12. The van der Waals surface area contributed by atoms with E-state index in [9.17, 15) is 0 Å². The molecule has 22 heavy (non-hydrogen) atoms. The number of benzene rings is 2. The molecule has 0 bridgehead atoms. The summed E-state index contributed by atoms with van der Waals surface area (Å²) < 4.78 is 0. The maximum atomic E-state index is 2.31. The van der Waals surface area contributed by atoms with Crippen molar-refractivity contribution >= 4 is 11.4 Å². The molecule has 0 N–H and O–H groups in total. The molecule has 0 amide bonds. The third-order valence-electron chi connectivity index (χ3n) is 3.54. The Kier molecular flexibility index (Phi) is 6.02. The summed E-state index contributed by atoms with van der Waals surface area (Å²) in [6, 6.07) is 19.2. The summed E-state index contributed by atoms with van der Waals surface area (Å²) >= 11 is 0.